The summed E-state index contributed by atoms with van der Waals surface area (Å²) in [4.78, 5) is 23.0. The van der Waals surface area contributed by atoms with E-state index in [0.717, 1.165) is 0 Å². The standard InChI is InChI=1S/C12H14N6O3/c1-18-7-8(5-15-18)10(11(19)20)16-12(21)13-6-9-3-2-4-14-17-9/h2-5,7,10H,6H2,1H3,(H,19,20)(H2,13,16,21). The van der Waals surface area contributed by atoms with Gasteiger partial charge in [-0.05, 0) is 12.1 Å². The second kappa shape index (κ2) is 6.46. The third-order valence-electron chi connectivity index (χ3n) is 2.64. The van der Waals surface area contributed by atoms with E-state index in [0.29, 0.717) is 11.3 Å². The van der Waals surface area contributed by atoms with Gasteiger partial charge in [-0.1, -0.05) is 0 Å². The summed E-state index contributed by atoms with van der Waals surface area (Å²) in [5.41, 5.74) is 0.959. The summed E-state index contributed by atoms with van der Waals surface area (Å²) in [5, 5.41) is 25.4. The molecular weight excluding hydrogens is 276 g/mol. The van der Waals surface area contributed by atoms with Crippen molar-refractivity contribution in [3.8, 4) is 0 Å². The highest BCUT2D eigenvalue weighted by molar-refractivity contribution is 5.83. The van der Waals surface area contributed by atoms with E-state index < -0.39 is 18.0 Å². The molecule has 2 aromatic heterocycles. The number of carboxylic acids is 1. The van der Waals surface area contributed by atoms with Crippen LogP contribution in [0.5, 0.6) is 0 Å². The topological polar surface area (TPSA) is 122 Å². The first-order chi connectivity index (χ1) is 10.1. The van der Waals surface area contributed by atoms with Crippen LogP contribution in [0.4, 0.5) is 4.79 Å². The number of nitrogens with zero attached hydrogens (tertiary/aromatic N) is 4. The third kappa shape index (κ3) is 4.00. The number of aryl methyl sites for hydroxylation is 1. The molecule has 0 spiro atoms. The second-order valence-corrected chi connectivity index (χ2v) is 4.26. The number of carbonyl (C=O) groups excluding carboxylic acids is 1. The lowest BCUT2D eigenvalue weighted by Gasteiger charge is -2.13. The van der Waals surface area contributed by atoms with E-state index >= 15 is 0 Å². The van der Waals surface area contributed by atoms with E-state index in [-0.39, 0.29) is 6.54 Å². The van der Waals surface area contributed by atoms with Crippen LogP contribution in [-0.4, -0.2) is 37.1 Å². The van der Waals surface area contributed by atoms with E-state index in [1.165, 1.54) is 23.3 Å². The quantitative estimate of drug-likeness (QED) is 0.703. The minimum absolute atomic E-state index is 0.152. The Labute approximate surface area is 120 Å². The van der Waals surface area contributed by atoms with E-state index in [1.54, 1.807) is 19.2 Å². The van der Waals surface area contributed by atoms with Gasteiger partial charge in [-0.25, -0.2) is 9.59 Å². The van der Waals surface area contributed by atoms with Crippen LogP contribution in [-0.2, 0) is 18.4 Å². The number of rotatable bonds is 5. The number of aromatic nitrogens is 4. The maximum Gasteiger partial charge on any atom is 0.331 e. The summed E-state index contributed by atoms with van der Waals surface area (Å²) < 4.78 is 1.46. The van der Waals surface area contributed by atoms with Crippen molar-refractivity contribution in [2.75, 3.05) is 0 Å². The fourth-order valence-electron chi connectivity index (χ4n) is 1.66. The first kappa shape index (κ1) is 14.4. The van der Waals surface area contributed by atoms with E-state index in [9.17, 15) is 9.59 Å². The summed E-state index contributed by atoms with van der Waals surface area (Å²) >= 11 is 0. The highest BCUT2D eigenvalue weighted by Crippen LogP contribution is 2.11. The van der Waals surface area contributed by atoms with Crippen LogP contribution in [0.1, 0.15) is 17.3 Å². The van der Waals surface area contributed by atoms with Crippen molar-refractivity contribution in [2.45, 2.75) is 12.6 Å². The molecule has 9 heteroatoms. The van der Waals surface area contributed by atoms with Crippen LogP contribution in [0, 0.1) is 0 Å². The van der Waals surface area contributed by atoms with Gasteiger partial charge in [0, 0.05) is 25.0 Å². The Morgan fingerprint density at radius 3 is 2.86 bits per heavy atom. The van der Waals surface area contributed by atoms with Crippen LogP contribution in [0.2, 0.25) is 0 Å². The molecule has 0 fully saturated rings. The number of hydrogen-bond acceptors (Lipinski definition) is 5. The molecule has 0 radical (unpaired) electrons. The van der Waals surface area contributed by atoms with Crippen molar-refractivity contribution in [1.82, 2.24) is 30.6 Å². The lowest BCUT2D eigenvalue weighted by Crippen LogP contribution is -2.40. The molecule has 0 bridgehead atoms. The van der Waals surface area contributed by atoms with Crippen LogP contribution in [0.25, 0.3) is 0 Å². The molecule has 2 heterocycles. The van der Waals surface area contributed by atoms with Gasteiger partial charge in [0.25, 0.3) is 0 Å². The number of amides is 2. The Balaban J connectivity index is 1.94. The predicted molar refractivity (Wildman–Crippen MR) is 71.0 cm³/mol. The zero-order valence-corrected chi connectivity index (χ0v) is 11.2. The largest absolute Gasteiger partial charge is 0.479 e. The van der Waals surface area contributed by atoms with E-state index in [1.807, 2.05) is 0 Å². The van der Waals surface area contributed by atoms with Crippen LogP contribution >= 0.6 is 0 Å². The number of carboxylic acid groups (broad SMARTS) is 1. The molecule has 1 unspecified atom stereocenters. The first-order valence-electron chi connectivity index (χ1n) is 6.08. The Hall–Kier alpha value is -2.97. The second-order valence-electron chi connectivity index (χ2n) is 4.26. The third-order valence-corrected chi connectivity index (χ3v) is 2.64. The van der Waals surface area contributed by atoms with Gasteiger partial charge in [0.15, 0.2) is 6.04 Å². The Morgan fingerprint density at radius 1 is 1.48 bits per heavy atom. The van der Waals surface area contributed by atoms with Crippen molar-refractivity contribution >= 4 is 12.0 Å². The van der Waals surface area contributed by atoms with Gasteiger partial charge < -0.3 is 15.7 Å². The maximum atomic E-state index is 11.8. The number of nitrogens with one attached hydrogen (secondary N) is 2. The highest BCUT2D eigenvalue weighted by Gasteiger charge is 2.23. The van der Waals surface area contributed by atoms with Gasteiger partial charge >= 0.3 is 12.0 Å². The molecule has 1 atom stereocenters. The fourth-order valence-corrected chi connectivity index (χ4v) is 1.66. The highest BCUT2D eigenvalue weighted by atomic mass is 16.4. The van der Waals surface area contributed by atoms with Gasteiger partial charge in [0.05, 0.1) is 18.4 Å². The molecule has 9 nitrogen and oxygen atoms in total. The lowest BCUT2D eigenvalue weighted by molar-refractivity contribution is -0.139. The van der Waals surface area contributed by atoms with Gasteiger partial charge in [-0.3, -0.25) is 4.68 Å². The minimum Gasteiger partial charge on any atom is -0.479 e. The number of hydrogen-bond donors (Lipinski definition) is 3. The van der Waals surface area contributed by atoms with Crippen molar-refractivity contribution in [3.63, 3.8) is 0 Å². The summed E-state index contributed by atoms with van der Waals surface area (Å²) in [6.07, 6.45) is 4.44. The Morgan fingerprint density at radius 2 is 2.29 bits per heavy atom. The monoisotopic (exact) mass is 290 g/mol. The number of aliphatic carboxylic acids is 1. The molecule has 21 heavy (non-hydrogen) atoms. The summed E-state index contributed by atoms with van der Waals surface area (Å²) in [6, 6.07) is 1.61. The van der Waals surface area contributed by atoms with Crippen molar-refractivity contribution in [1.29, 1.82) is 0 Å². The fraction of sp³-hybridized carbons (Fsp3) is 0.250. The summed E-state index contributed by atoms with van der Waals surface area (Å²) in [7, 11) is 1.66. The molecule has 2 rings (SSSR count). The Bertz CT molecular complexity index is 627. The number of carbonyl (C=O) groups is 2. The maximum absolute atomic E-state index is 11.8. The molecule has 0 aliphatic carbocycles. The number of urea groups is 1. The minimum atomic E-state index is -1.17. The molecule has 0 saturated carbocycles. The molecule has 2 amide bonds. The molecule has 0 aliphatic rings. The normalized spacial score (nSPS) is 11.7. The molecule has 110 valence electrons. The average Bonchev–Trinajstić information content (AvgIpc) is 2.89. The average molecular weight is 290 g/mol. The van der Waals surface area contributed by atoms with Gasteiger partial charge in [0.2, 0.25) is 0 Å². The van der Waals surface area contributed by atoms with Crippen molar-refractivity contribution in [2.24, 2.45) is 7.05 Å². The summed E-state index contributed by atoms with van der Waals surface area (Å²) in [6.45, 7) is 0.152. The molecule has 3 N–H and O–H groups in total. The van der Waals surface area contributed by atoms with Crippen LogP contribution in [0.15, 0.2) is 30.7 Å². The van der Waals surface area contributed by atoms with Gasteiger partial charge in [-0.2, -0.15) is 15.3 Å². The zero-order chi connectivity index (χ0) is 15.2. The zero-order valence-electron chi connectivity index (χ0n) is 11.2. The molecule has 0 aromatic carbocycles. The summed E-state index contributed by atoms with van der Waals surface area (Å²) in [5.74, 6) is -1.17. The van der Waals surface area contributed by atoms with E-state index in [4.69, 9.17) is 5.11 Å². The van der Waals surface area contributed by atoms with Gasteiger partial charge in [0.1, 0.15) is 0 Å². The molecule has 2 aromatic rings. The Kier molecular flexibility index (Phi) is 4.44. The van der Waals surface area contributed by atoms with Crippen molar-refractivity contribution in [3.05, 3.63) is 42.0 Å². The van der Waals surface area contributed by atoms with Crippen LogP contribution in [0.3, 0.4) is 0 Å². The lowest BCUT2D eigenvalue weighted by atomic mass is 10.1. The smallest absolute Gasteiger partial charge is 0.331 e. The van der Waals surface area contributed by atoms with Crippen LogP contribution < -0.4 is 10.6 Å². The first-order valence-corrected chi connectivity index (χ1v) is 6.08. The molecule has 0 aliphatic heterocycles. The van der Waals surface area contributed by atoms with E-state index in [2.05, 4.69) is 25.9 Å². The SMILES string of the molecule is Cn1cc(C(NC(=O)NCc2cccnn2)C(=O)O)cn1. The van der Waals surface area contributed by atoms with Crippen molar-refractivity contribution < 1.29 is 14.7 Å². The van der Waals surface area contributed by atoms with Gasteiger partial charge in [-0.15, -0.1) is 0 Å². The molecule has 0 saturated heterocycles. The molecular formula is C12H14N6O3. The predicted octanol–water partition coefficient (Wildman–Crippen LogP) is -0.165.